The Morgan fingerprint density at radius 1 is 1.29 bits per heavy atom. The lowest BCUT2D eigenvalue weighted by atomic mass is 10.1. The minimum absolute atomic E-state index is 0.185. The van der Waals surface area contributed by atoms with Crippen LogP contribution in [0.5, 0.6) is 11.5 Å². The highest BCUT2D eigenvalue weighted by Crippen LogP contribution is 2.31. The van der Waals surface area contributed by atoms with E-state index in [2.05, 4.69) is 22.6 Å². The second-order valence-corrected chi connectivity index (χ2v) is 6.15. The minimum Gasteiger partial charge on any atom is -0.466 e. The van der Waals surface area contributed by atoms with Crippen molar-refractivity contribution in [3.8, 4) is 17.6 Å². The number of ether oxygens (including phenoxy) is 2. The molecule has 0 amide bonds. The van der Waals surface area contributed by atoms with Crippen LogP contribution in [0, 0.1) is 11.3 Å². The van der Waals surface area contributed by atoms with Crippen molar-refractivity contribution in [1.82, 2.24) is 0 Å². The van der Waals surface area contributed by atoms with E-state index in [4.69, 9.17) is 26.3 Å². The van der Waals surface area contributed by atoms with Crippen molar-refractivity contribution in [2.45, 2.75) is 17.8 Å². The van der Waals surface area contributed by atoms with Crippen LogP contribution < -0.4 is 4.74 Å². The fourth-order valence-corrected chi connectivity index (χ4v) is 2.96. The fourth-order valence-electron chi connectivity index (χ4n) is 2.11. The van der Waals surface area contributed by atoms with Crippen molar-refractivity contribution in [2.24, 2.45) is 0 Å². The third-order valence-corrected chi connectivity index (χ3v) is 4.20. The van der Waals surface area contributed by atoms with Crippen molar-refractivity contribution in [1.29, 1.82) is 5.26 Å². The first-order valence-corrected chi connectivity index (χ1v) is 9.18. The molecule has 124 valence electrons. The van der Waals surface area contributed by atoms with Crippen molar-refractivity contribution in [3.05, 3.63) is 58.1 Å². The van der Waals surface area contributed by atoms with Gasteiger partial charge in [-0.05, 0) is 36.8 Å². The number of benzene rings is 2. The number of esters is 1. The van der Waals surface area contributed by atoms with Gasteiger partial charge in [-0.25, -0.2) is 0 Å². The van der Waals surface area contributed by atoms with Crippen LogP contribution in [0.2, 0.25) is 5.02 Å². The maximum Gasteiger partial charge on any atom is 0.310 e. The summed E-state index contributed by atoms with van der Waals surface area (Å²) in [6.45, 7) is 2.13. The van der Waals surface area contributed by atoms with E-state index < -0.39 is 0 Å². The summed E-state index contributed by atoms with van der Waals surface area (Å²) in [6, 6.07) is 12.5. The minimum atomic E-state index is -0.278. The zero-order chi connectivity index (χ0) is 17.5. The molecule has 2 aromatic carbocycles. The summed E-state index contributed by atoms with van der Waals surface area (Å²) in [5.41, 5.74) is 2.22. The Morgan fingerprint density at radius 2 is 2.08 bits per heavy atom. The van der Waals surface area contributed by atoms with E-state index in [1.165, 1.54) is 0 Å². The third kappa shape index (κ3) is 5.11. The molecule has 4 nitrogen and oxygen atoms in total. The number of hydrogen-bond acceptors (Lipinski definition) is 4. The molecule has 0 heterocycles. The predicted molar refractivity (Wildman–Crippen MR) is 101 cm³/mol. The number of alkyl halides is 1. The Labute approximate surface area is 159 Å². The zero-order valence-electron chi connectivity index (χ0n) is 13.0. The van der Waals surface area contributed by atoms with E-state index in [-0.39, 0.29) is 12.4 Å². The SMILES string of the molecule is CCOC(=O)Cc1ccc(CI)c(Oc2cc(Cl)cc(C#N)c2)c1. The summed E-state index contributed by atoms with van der Waals surface area (Å²) in [7, 11) is 0. The van der Waals surface area contributed by atoms with Crippen molar-refractivity contribution in [3.63, 3.8) is 0 Å². The zero-order valence-corrected chi connectivity index (χ0v) is 15.9. The summed E-state index contributed by atoms with van der Waals surface area (Å²) in [4.78, 5) is 11.6. The molecular weight excluding hydrogens is 441 g/mol. The lowest BCUT2D eigenvalue weighted by molar-refractivity contribution is -0.142. The normalized spacial score (nSPS) is 10.1. The van der Waals surface area contributed by atoms with E-state index in [1.54, 1.807) is 25.1 Å². The number of nitriles is 1. The van der Waals surface area contributed by atoms with Gasteiger partial charge in [-0.3, -0.25) is 4.79 Å². The van der Waals surface area contributed by atoms with E-state index in [9.17, 15) is 4.79 Å². The van der Waals surface area contributed by atoms with Gasteiger partial charge in [0, 0.05) is 15.0 Å². The maximum atomic E-state index is 11.6. The van der Waals surface area contributed by atoms with E-state index in [1.807, 2.05) is 24.3 Å². The molecule has 0 bridgehead atoms. The van der Waals surface area contributed by atoms with Crippen LogP contribution in [-0.4, -0.2) is 12.6 Å². The smallest absolute Gasteiger partial charge is 0.310 e. The highest BCUT2D eigenvalue weighted by atomic mass is 127. The number of carbonyl (C=O) groups excluding carboxylic acids is 1. The number of carbonyl (C=O) groups is 1. The average Bonchev–Trinajstić information content (AvgIpc) is 2.54. The maximum absolute atomic E-state index is 11.6. The molecule has 0 N–H and O–H groups in total. The highest BCUT2D eigenvalue weighted by molar-refractivity contribution is 14.1. The Kier molecular flexibility index (Phi) is 6.88. The molecule has 0 aliphatic carbocycles. The Balaban J connectivity index is 2.29. The van der Waals surface area contributed by atoms with Crippen molar-refractivity contribution < 1.29 is 14.3 Å². The molecule has 0 aliphatic heterocycles. The van der Waals surface area contributed by atoms with Gasteiger partial charge in [0.2, 0.25) is 0 Å². The number of nitrogens with zero attached hydrogens (tertiary/aromatic N) is 1. The third-order valence-electron chi connectivity index (χ3n) is 3.16. The topological polar surface area (TPSA) is 59.3 Å². The molecule has 6 heteroatoms. The largest absolute Gasteiger partial charge is 0.466 e. The van der Waals surface area contributed by atoms with Crippen molar-refractivity contribution in [2.75, 3.05) is 6.61 Å². The van der Waals surface area contributed by atoms with Gasteiger partial charge in [0.1, 0.15) is 11.5 Å². The standard InChI is InChI=1S/C18H15ClINO3/c1-2-23-18(22)8-12-3-4-14(10-20)17(7-12)24-16-6-13(11-21)5-15(19)9-16/h3-7,9H,2,8,10H2,1H3. The van der Waals surface area contributed by atoms with Gasteiger partial charge in [0.05, 0.1) is 24.7 Å². The van der Waals surface area contributed by atoms with Gasteiger partial charge in [-0.15, -0.1) is 0 Å². The van der Waals surface area contributed by atoms with Crippen LogP contribution in [-0.2, 0) is 20.4 Å². The van der Waals surface area contributed by atoms with Crippen LogP contribution in [0.3, 0.4) is 0 Å². The highest BCUT2D eigenvalue weighted by Gasteiger charge is 2.10. The summed E-state index contributed by atoms with van der Waals surface area (Å²) >= 11 is 8.25. The van der Waals surface area contributed by atoms with Gasteiger partial charge in [-0.1, -0.05) is 46.3 Å². The van der Waals surface area contributed by atoms with E-state index in [0.29, 0.717) is 28.7 Å². The molecule has 2 rings (SSSR count). The molecule has 0 spiro atoms. The quantitative estimate of drug-likeness (QED) is 0.348. The molecule has 0 aliphatic rings. The predicted octanol–water partition coefficient (Wildman–Crippen LogP) is 5.04. The first kappa shape index (κ1) is 18.6. The van der Waals surface area contributed by atoms with Crippen molar-refractivity contribution >= 4 is 40.2 Å². The summed E-state index contributed by atoms with van der Waals surface area (Å²) in [5, 5.41) is 9.46. The number of hydrogen-bond donors (Lipinski definition) is 0. The first-order chi connectivity index (χ1) is 11.5. The molecule has 0 atom stereocenters. The molecule has 0 saturated heterocycles. The van der Waals surface area contributed by atoms with Gasteiger partial charge < -0.3 is 9.47 Å². The van der Waals surface area contributed by atoms with Gasteiger partial charge in [-0.2, -0.15) is 5.26 Å². The number of rotatable bonds is 6. The number of halogens is 2. The lowest BCUT2D eigenvalue weighted by Gasteiger charge is -2.12. The van der Waals surface area contributed by atoms with Crippen LogP contribution >= 0.6 is 34.2 Å². The molecule has 0 aromatic heterocycles. The molecule has 0 fully saturated rings. The summed E-state index contributed by atoms with van der Waals surface area (Å²) < 4.78 is 11.6. The Hall–Kier alpha value is -1.78. The van der Waals surface area contributed by atoms with Crippen LogP contribution in [0.1, 0.15) is 23.6 Å². The van der Waals surface area contributed by atoms with Gasteiger partial charge in [0.25, 0.3) is 0 Å². The summed E-state index contributed by atoms with van der Waals surface area (Å²) in [5.74, 6) is 0.844. The van der Waals surface area contributed by atoms with Crippen LogP contribution in [0.25, 0.3) is 0 Å². The monoisotopic (exact) mass is 455 g/mol. The van der Waals surface area contributed by atoms with Crippen LogP contribution in [0.15, 0.2) is 36.4 Å². The van der Waals surface area contributed by atoms with Gasteiger partial charge >= 0.3 is 5.97 Å². The molecular formula is C18H15ClINO3. The lowest BCUT2D eigenvalue weighted by Crippen LogP contribution is -2.07. The molecule has 2 aromatic rings. The Bertz CT molecular complexity index is 786. The average molecular weight is 456 g/mol. The molecule has 0 radical (unpaired) electrons. The fraction of sp³-hybridized carbons (Fsp3) is 0.222. The summed E-state index contributed by atoms with van der Waals surface area (Å²) in [6.07, 6.45) is 0.185. The molecule has 24 heavy (non-hydrogen) atoms. The Morgan fingerprint density at radius 3 is 2.75 bits per heavy atom. The second kappa shape index (κ2) is 8.90. The second-order valence-electron chi connectivity index (χ2n) is 4.95. The van der Waals surface area contributed by atoms with E-state index >= 15 is 0 Å². The first-order valence-electron chi connectivity index (χ1n) is 7.27. The molecule has 0 saturated carbocycles. The van der Waals surface area contributed by atoms with E-state index in [0.717, 1.165) is 15.6 Å². The van der Waals surface area contributed by atoms with Gasteiger partial charge in [0.15, 0.2) is 0 Å². The molecule has 0 unspecified atom stereocenters. The van der Waals surface area contributed by atoms with Crippen LogP contribution in [0.4, 0.5) is 0 Å².